The minimum absolute atomic E-state index is 0.116. The summed E-state index contributed by atoms with van der Waals surface area (Å²) in [5.74, 6) is -7.07. The van der Waals surface area contributed by atoms with E-state index in [1.54, 1.807) is 64.4 Å². The summed E-state index contributed by atoms with van der Waals surface area (Å²) >= 11 is 1.42. The number of hydrogen-bond donors (Lipinski definition) is 0. The number of fused-ring (bicyclic) bond motifs is 8. The molecule has 100 heavy (non-hydrogen) atoms. The van der Waals surface area contributed by atoms with E-state index < -0.39 is 71.3 Å². The monoisotopic (exact) mass is 1330 g/mol. The first kappa shape index (κ1) is 60.4. The number of para-hydroxylation sites is 6. The molecule has 0 unspecified atom stereocenters. The van der Waals surface area contributed by atoms with E-state index >= 15 is 35.1 Å². The van der Waals surface area contributed by atoms with E-state index in [1.165, 1.54) is 58.0 Å². The maximum absolute atomic E-state index is 17.6. The first-order valence-corrected chi connectivity index (χ1v) is 33.3. The van der Waals surface area contributed by atoms with Crippen LogP contribution in [-0.2, 0) is 0 Å². The van der Waals surface area contributed by atoms with Gasteiger partial charge in [0.05, 0.1) is 11.4 Å². The van der Waals surface area contributed by atoms with Gasteiger partial charge in [0.1, 0.15) is 63.6 Å². The smallest absolute Gasteiger partial charge is 0.252 e. The second-order valence-corrected chi connectivity index (χ2v) is 26.0. The lowest BCUT2D eigenvalue weighted by Gasteiger charge is -2.46. The van der Waals surface area contributed by atoms with Gasteiger partial charge in [0, 0.05) is 72.7 Å². The van der Waals surface area contributed by atoms with Crippen molar-refractivity contribution in [2.24, 2.45) is 0 Å². The molecule has 0 spiro atoms. The van der Waals surface area contributed by atoms with Crippen LogP contribution in [0.25, 0.3) is 22.3 Å². The summed E-state index contributed by atoms with van der Waals surface area (Å²) in [6.45, 7) is -1.48. The van der Waals surface area contributed by atoms with Crippen molar-refractivity contribution >= 4 is 143 Å². The highest BCUT2D eigenvalue weighted by atomic mass is 32.2. The molecule has 0 N–H and O–H groups in total. The molecule has 0 aliphatic carbocycles. The van der Waals surface area contributed by atoms with Crippen LogP contribution in [0.4, 0.5) is 120 Å². The van der Waals surface area contributed by atoms with Gasteiger partial charge in [-0.05, 0) is 177 Å². The van der Waals surface area contributed by atoms with Crippen molar-refractivity contribution in [2.45, 2.75) is 9.79 Å². The van der Waals surface area contributed by atoms with Gasteiger partial charge in [0.15, 0.2) is 0 Å². The van der Waals surface area contributed by atoms with Gasteiger partial charge in [0.2, 0.25) is 6.71 Å². The largest absolute Gasteiger partial charge is 0.310 e. The van der Waals surface area contributed by atoms with Crippen molar-refractivity contribution in [3.8, 4) is 22.3 Å². The van der Waals surface area contributed by atoms with Crippen LogP contribution in [0, 0.1) is 46.5 Å². The lowest BCUT2D eigenvalue weighted by molar-refractivity contribution is 0.584. The predicted molar refractivity (Wildman–Crippen MR) is 390 cm³/mol. The molecular formula is C84H49B2F8N5S. The first-order valence-electron chi connectivity index (χ1n) is 32.5. The minimum atomic E-state index is -0.961. The predicted octanol–water partition coefficient (Wildman–Crippen LogP) is 19.9. The second-order valence-electron chi connectivity index (χ2n) is 25.0. The SMILES string of the molecule is Fc1ccc(N2c3cc4c(cc3B3c5ccccc5N(c5c(F)cccc5F)c5cc(N(c6ccccc6)c6c(F)cccc6F)cc2c53)B2c3ccccc3N(c3c(F)cccc3F)c3cc(N(c5ccc(-c6ccccc6)cc5)c5ccc(-c6ccccc6)cc5)cc(c32)S4)c(F)c1. The Labute approximate surface area is 575 Å². The maximum atomic E-state index is 17.6. The number of rotatable bonds is 11. The molecule has 0 saturated heterocycles. The van der Waals surface area contributed by atoms with Crippen LogP contribution in [0.2, 0.25) is 0 Å². The third kappa shape index (κ3) is 9.71. The molecular weight excluding hydrogens is 1280 g/mol. The van der Waals surface area contributed by atoms with E-state index in [2.05, 4.69) is 89.8 Å². The Balaban J connectivity index is 0.916. The van der Waals surface area contributed by atoms with Crippen LogP contribution in [-0.4, -0.2) is 13.4 Å². The summed E-state index contributed by atoms with van der Waals surface area (Å²) in [6.07, 6.45) is 0. The Morgan fingerprint density at radius 1 is 0.250 bits per heavy atom. The molecule has 0 bridgehead atoms. The minimum Gasteiger partial charge on any atom is -0.310 e. The molecule has 0 amide bonds. The fraction of sp³-hybridized carbons (Fsp3) is 0. The Bertz CT molecular complexity index is 5500. The molecule has 478 valence electrons. The molecule has 5 nitrogen and oxygen atoms in total. The Kier molecular flexibility index (Phi) is 14.5. The molecule has 4 heterocycles. The highest BCUT2D eigenvalue weighted by molar-refractivity contribution is 8.00. The standard InChI is InChI=1S/C84H49B2F8N5S/c87-54-37-42-73(70(94)43-54)97-74-49-78-63(48-62(74)85-60-23-10-12-31-71(60)98(83-66(90)27-15-28-67(83)91)76-45-58(44-75(97)80(76)85)96(55-21-8-3-9-22-55)82-64(88)25-14-26-65(82)89)86-61-24-11-13-32-72(61)99(84-68(92)29-16-30-69(84)93)77-46-59(47-79(100-78)81(77)86)95(56-38-33-52(34-39-56)50-17-4-1-5-18-50)57-40-35-53(36-41-57)51-19-6-2-7-20-51/h1-49H. The van der Waals surface area contributed by atoms with Gasteiger partial charge in [-0.25, -0.2) is 35.1 Å². The molecule has 0 aromatic heterocycles. The van der Waals surface area contributed by atoms with E-state index in [0.717, 1.165) is 85.8 Å². The Hall–Kier alpha value is -12.0. The average molecular weight is 1330 g/mol. The van der Waals surface area contributed by atoms with Crippen molar-refractivity contribution in [1.82, 2.24) is 0 Å². The van der Waals surface area contributed by atoms with Crippen molar-refractivity contribution in [2.75, 3.05) is 24.5 Å². The van der Waals surface area contributed by atoms with Crippen LogP contribution in [0.1, 0.15) is 0 Å². The summed E-state index contributed by atoms with van der Waals surface area (Å²) in [5.41, 5.74) is 11.5. The average Bonchev–Trinajstić information content (AvgIpc) is 0.689. The third-order valence-corrected chi connectivity index (χ3v) is 20.5. The number of hydrogen-bond acceptors (Lipinski definition) is 6. The van der Waals surface area contributed by atoms with E-state index in [4.69, 9.17) is 0 Å². The van der Waals surface area contributed by atoms with Crippen LogP contribution in [0.5, 0.6) is 0 Å². The Morgan fingerprint density at radius 2 is 0.680 bits per heavy atom. The zero-order valence-corrected chi connectivity index (χ0v) is 53.4. The lowest BCUT2D eigenvalue weighted by atomic mass is 9.31. The summed E-state index contributed by atoms with van der Waals surface area (Å²) < 4.78 is 135. The fourth-order valence-corrected chi connectivity index (χ4v) is 16.4. The van der Waals surface area contributed by atoms with Gasteiger partial charge in [0.25, 0.3) is 6.71 Å². The van der Waals surface area contributed by atoms with Crippen molar-refractivity contribution in [1.29, 1.82) is 0 Å². The zero-order chi connectivity index (χ0) is 67.6. The van der Waals surface area contributed by atoms with Gasteiger partial charge < -0.3 is 24.5 Å². The molecule has 14 aromatic rings. The van der Waals surface area contributed by atoms with E-state index in [-0.39, 0.29) is 28.4 Å². The summed E-state index contributed by atoms with van der Waals surface area (Å²) in [4.78, 5) is 9.74. The van der Waals surface area contributed by atoms with Crippen molar-refractivity contribution in [3.05, 3.63) is 344 Å². The lowest BCUT2D eigenvalue weighted by Crippen LogP contribution is -2.64. The molecule has 4 aliphatic heterocycles. The zero-order valence-electron chi connectivity index (χ0n) is 52.6. The van der Waals surface area contributed by atoms with Gasteiger partial charge in [-0.3, -0.25) is 0 Å². The molecule has 4 aliphatic rings. The first-order chi connectivity index (χ1) is 48.9. The number of halogens is 8. The number of benzene rings is 14. The third-order valence-electron chi connectivity index (χ3n) is 19.4. The normalized spacial score (nSPS) is 12.9. The van der Waals surface area contributed by atoms with E-state index in [1.807, 2.05) is 84.9 Å². The maximum Gasteiger partial charge on any atom is 0.252 e. The molecule has 0 atom stereocenters. The van der Waals surface area contributed by atoms with Gasteiger partial charge in [-0.2, -0.15) is 0 Å². The fourth-order valence-electron chi connectivity index (χ4n) is 15.2. The van der Waals surface area contributed by atoms with Gasteiger partial charge >= 0.3 is 0 Å². The summed E-state index contributed by atoms with van der Waals surface area (Å²) in [7, 11) is 0. The van der Waals surface area contributed by atoms with Crippen LogP contribution < -0.4 is 57.3 Å². The molecule has 18 rings (SSSR count). The van der Waals surface area contributed by atoms with E-state index in [9.17, 15) is 0 Å². The van der Waals surface area contributed by atoms with Gasteiger partial charge in [-0.1, -0.05) is 181 Å². The van der Waals surface area contributed by atoms with Crippen LogP contribution >= 0.6 is 11.8 Å². The molecule has 0 fully saturated rings. The molecule has 14 aromatic carbocycles. The molecule has 0 saturated carbocycles. The van der Waals surface area contributed by atoms with E-state index in [0.29, 0.717) is 60.9 Å². The van der Waals surface area contributed by atoms with Gasteiger partial charge in [-0.15, -0.1) is 0 Å². The Morgan fingerprint density at radius 3 is 1.20 bits per heavy atom. The quantitative estimate of drug-likeness (QED) is 0.0941. The second kappa shape index (κ2) is 23.9. The topological polar surface area (TPSA) is 16.2 Å². The van der Waals surface area contributed by atoms with Crippen molar-refractivity contribution < 1.29 is 35.1 Å². The summed E-state index contributed by atoms with van der Waals surface area (Å²) in [6, 6.07) is 85.6. The number of anilines is 15. The van der Waals surface area contributed by atoms with Crippen molar-refractivity contribution in [3.63, 3.8) is 0 Å². The van der Waals surface area contributed by atoms with Crippen LogP contribution in [0.3, 0.4) is 0 Å². The summed E-state index contributed by atoms with van der Waals surface area (Å²) in [5, 5.41) is 0. The highest BCUT2D eigenvalue weighted by Gasteiger charge is 2.49. The number of nitrogens with zero attached hydrogens (tertiary/aromatic N) is 5. The van der Waals surface area contributed by atoms with Crippen LogP contribution in [0.15, 0.2) is 307 Å². The highest BCUT2D eigenvalue weighted by Crippen LogP contribution is 2.53. The molecule has 16 heteroatoms. The molecule has 0 radical (unpaired) electrons.